The average molecular weight is 418 g/mol. The van der Waals surface area contributed by atoms with Gasteiger partial charge in [-0.1, -0.05) is 18.2 Å². The molecule has 1 aliphatic rings. The van der Waals surface area contributed by atoms with Gasteiger partial charge in [0.25, 0.3) is 0 Å². The Labute approximate surface area is 178 Å². The lowest BCUT2D eigenvalue weighted by molar-refractivity contribution is 0.0501. The van der Waals surface area contributed by atoms with E-state index in [0.29, 0.717) is 31.1 Å². The highest BCUT2D eigenvalue weighted by Gasteiger charge is 2.18. The molecule has 2 aromatic carbocycles. The number of β-amino-alcohol motifs (C(OH)–C–C–N with tert-alkyl or cyclic N) is 1. The van der Waals surface area contributed by atoms with E-state index in [1.165, 1.54) is 12.1 Å². The Bertz CT molecular complexity index is 797. The number of piperazine rings is 1. The Morgan fingerprint density at radius 2 is 1.90 bits per heavy atom. The number of rotatable bonds is 10. The van der Waals surface area contributed by atoms with Gasteiger partial charge >= 0.3 is 0 Å². The number of hydrogen-bond donors (Lipinski definition) is 2. The molecule has 0 aromatic heterocycles. The summed E-state index contributed by atoms with van der Waals surface area (Å²) in [5, 5.41) is 13.8. The minimum absolute atomic E-state index is 0.219. The van der Waals surface area contributed by atoms with Crippen LogP contribution in [0.4, 0.5) is 4.39 Å². The van der Waals surface area contributed by atoms with Crippen molar-refractivity contribution in [3.63, 3.8) is 0 Å². The minimum atomic E-state index is -0.562. The Hall–Kier alpha value is -2.19. The highest BCUT2D eigenvalue weighted by molar-refractivity contribution is 5.40. The fourth-order valence-corrected chi connectivity index (χ4v) is 3.50. The van der Waals surface area contributed by atoms with Crippen LogP contribution >= 0.6 is 0 Å². The quantitative estimate of drug-likeness (QED) is 0.618. The Morgan fingerprint density at radius 3 is 2.63 bits per heavy atom. The van der Waals surface area contributed by atoms with E-state index in [-0.39, 0.29) is 12.4 Å². The monoisotopic (exact) mass is 417 g/mol. The molecule has 2 aromatic rings. The number of halogens is 1. The lowest BCUT2D eigenvalue weighted by Crippen LogP contribution is -2.47. The summed E-state index contributed by atoms with van der Waals surface area (Å²) in [6.07, 6.45) is -0.562. The predicted molar refractivity (Wildman–Crippen MR) is 115 cm³/mol. The summed E-state index contributed by atoms with van der Waals surface area (Å²) in [7, 11) is 3.73. The second-order valence-corrected chi connectivity index (χ2v) is 7.78. The number of aliphatic hydroxyl groups excluding tert-OH is 1. The number of likely N-dealkylation sites (N-methyl/N-ethyl adjacent to an activating group) is 1. The van der Waals surface area contributed by atoms with Crippen LogP contribution in [0.1, 0.15) is 11.1 Å². The van der Waals surface area contributed by atoms with Crippen molar-refractivity contribution >= 4 is 0 Å². The molecule has 2 N–H and O–H groups in total. The van der Waals surface area contributed by atoms with E-state index in [1.54, 1.807) is 13.2 Å². The molecule has 30 heavy (non-hydrogen) atoms. The van der Waals surface area contributed by atoms with Gasteiger partial charge in [-0.3, -0.25) is 4.90 Å². The summed E-state index contributed by atoms with van der Waals surface area (Å²) in [6, 6.07) is 12.2. The first kappa shape index (κ1) is 22.5. The zero-order valence-corrected chi connectivity index (χ0v) is 17.8. The second kappa shape index (κ2) is 11.3. The Morgan fingerprint density at radius 1 is 1.10 bits per heavy atom. The molecular weight excluding hydrogens is 385 g/mol. The van der Waals surface area contributed by atoms with Gasteiger partial charge in [-0.15, -0.1) is 0 Å². The molecule has 1 heterocycles. The molecule has 0 aliphatic carbocycles. The molecule has 164 valence electrons. The van der Waals surface area contributed by atoms with Gasteiger partial charge in [0.15, 0.2) is 0 Å². The first-order valence-corrected chi connectivity index (χ1v) is 10.4. The summed E-state index contributed by atoms with van der Waals surface area (Å²) in [5.74, 6) is 1.14. The first-order chi connectivity index (χ1) is 14.5. The SMILES string of the molecule is COc1ccc(CNCc2cccc(F)c2)c(OC[C@@H](O)CN2CCN(C)CC2)c1. The van der Waals surface area contributed by atoms with Crippen LogP contribution in [0.25, 0.3) is 0 Å². The number of benzene rings is 2. The maximum atomic E-state index is 13.3. The number of aliphatic hydroxyl groups is 1. The normalized spacial score (nSPS) is 16.4. The third kappa shape index (κ3) is 6.95. The van der Waals surface area contributed by atoms with Crippen molar-refractivity contribution in [2.75, 3.05) is 53.5 Å². The molecule has 0 radical (unpaired) electrons. The summed E-state index contributed by atoms with van der Waals surface area (Å²) < 4.78 is 24.6. The number of ether oxygens (including phenoxy) is 2. The van der Waals surface area contributed by atoms with Gasteiger partial charge in [-0.25, -0.2) is 4.39 Å². The van der Waals surface area contributed by atoms with E-state index in [9.17, 15) is 9.50 Å². The molecule has 7 heteroatoms. The van der Waals surface area contributed by atoms with Crippen molar-refractivity contribution < 1.29 is 19.0 Å². The minimum Gasteiger partial charge on any atom is -0.497 e. The van der Waals surface area contributed by atoms with Crippen molar-refractivity contribution in [2.45, 2.75) is 19.2 Å². The number of nitrogens with zero attached hydrogens (tertiary/aromatic N) is 2. The molecule has 0 bridgehead atoms. The maximum Gasteiger partial charge on any atom is 0.127 e. The zero-order valence-electron chi connectivity index (χ0n) is 17.8. The van der Waals surface area contributed by atoms with E-state index in [4.69, 9.17) is 9.47 Å². The summed E-state index contributed by atoms with van der Waals surface area (Å²) in [5.41, 5.74) is 1.84. The molecule has 0 spiro atoms. The van der Waals surface area contributed by atoms with Crippen LogP contribution in [-0.2, 0) is 13.1 Å². The van der Waals surface area contributed by atoms with Gasteiger partial charge in [-0.2, -0.15) is 0 Å². The maximum absolute atomic E-state index is 13.3. The van der Waals surface area contributed by atoms with E-state index < -0.39 is 6.10 Å². The van der Waals surface area contributed by atoms with Crippen LogP contribution in [0.3, 0.4) is 0 Å². The Kier molecular flexibility index (Phi) is 8.45. The largest absolute Gasteiger partial charge is 0.497 e. The predicted octanol–water partition coefficient (Wildman–Crippen LogP) is 2.11. The van der Waals surface area contributed by atoms with Crippen LogP contribution in [0, 0.1) is 5.82 Å². The number of hydrogen-bond acceptors (Lipinski definition) is 6. The molecule has 6 nitrogen and oxygen atoms in total. The molecule has 0 unspecified atom stereocenters. The standard InChI is InChI=1S/C23H32FN3O3/c1-26-8-10-27(11-9-26)16-21(28)17-30-23-13-22(29-2)7-6-19(23)15-25-14-18-4-3-5-20(24)12-18/h3-7,12-13,21,25,28H,8-11,14-17H2,1-2H3/t21-/m0/s1. The van der Waals surface area contributed by atoms with Crippen molar-refractivity contribution in [2.24, 2.45) is 0 Å². The van der Waals surface area contributed by atoms with Crippen molar-refractivity contribution in [1.29, 1.82) is 0 Å². The number of methoxy groups -OCH3 is 1. The van der Waals surface area contributed by atoms with Crippen LogP contribution in [-0.4, -0.2) is 74.5 Å². The van der Waals surface area contributed by atoms with Crippen LogP contribution < -0.4 is 14.8 Å². The lowest BCUT2D eigenvalue weighted by atomic mass is 10.1. The van der Waals surface area contributed by atoms with E-state index in [2.05, 4.69) is 22.2 Å². The summed E-state index contributed by atoms with van der Waals surface area (Å²) in [4.78, 5) is 4.56. The molecule has 0 amide bonds. The van der Waals surface area contributed by atoms with Crippen molar-refractivity contribution in [3.05, 3.63) is 59.4 Å². The fraction of sp³-hybridized carbons (Fsp3) is 0.478. The third-order valence-corrected chi connectivity index (χ3v) is 5.30. The lowest BCUT2D eigenvalue weighted by Gasteiger charge is -2.33. The average Bonchev–Trinajstić information content (AvgIpc) is 2.74. The molecule has 1 fully saturated rings. The van der Waals surface area contributed by atoms with Gasteiger partial charge in [0.1, 0.15) is 30.0 Å². The van der Waals surface area contributed by atoms with E-state index >= 15 is 0 Å². The number of nitrogens with one attached hydrogen (secondary N) is 1. The van der Waals surface area contributed by atoms with Crippen molar-refractivity contribution in [1.82, 2.24) is 15.1 Å². The summed E-state index contributed by atoms with van der Waals surface area (Å²) in [6.45, 7) is 5.89. The molecular formula is C23H32FN3O3. The smallest absolute Gasteiger partial charge is 0.127 e. The van der Waals surface area contributed by atoms with Gasteiger partial charge in [-0.05, 0) is 30.8 Å². The topological polar surface area (TPSA) is 57.2 Å². The molecule has 1 saturated heterocycles. The molecule has 3 rings (SSSR count). The molecule has 1 atom stereocenters. The highest BCUT2D eigenvalue weighted by atomic mass is 19.1. The zero-order chi connectivity index (χ0) is 21.3. The van der Waals surface area contributed by atoms with Crippen LogP contribution in [0.5, 0.6) is 11.5 Å². The van der Waals surface area contributed by atoms with E-state index in [1.807, 2.05) is 24.3 Å². The van der Waals surface area contributed by atoms with Gasteiger partial charge in [0, 0.05) is 57.4 Å². The third-order valence-electron chi connectivity index (χ3n) is 5.30. The van der Waals surface area contributed by atoms with Crippen molar-refractivity contribution in [3.8, 4) is 11.5 Å². The summed E-state index contributed by atoms with van der Waals surface area (Å²) >= 11 is 0. The van der Waals surface area contributed by atoms with Gasteiger partial charge in [0.2, 0.25) is 0 Å². The molecule has 1 aliphatic heterocycles. The van der Waals surface area contributed by atoms with Gasteiger partial charge < -0.3 is 24.8 Å². The second-order valence-electron chi connectivity index (χ2n) is 7.78. The highest BCUT2D eigenvalue weighted by Crippen LogP contribution is 2.25. The first-order valence-electron chi connectivity index (χ1n) is 10.4. The Balaban J connectivity index is 1.53. The van der Waals surface area contributed by atoms with E-state index in [0.717, 1.165) is 37.3 Å². The molecule has 0 saturated carbocycles. The van der Waals surface area contributed by atoms with Crippen LogP contribution in [0.2, 0.25) is 0 Å². The van der Waals surface area contributed by atoms with Gasteiger partial charge in [0.05, 0.1) is 7.11 Å². The fourth-order valence-electron chi connectivity index (χ4n) is 3.50. The van der Waals surface area contributed by atoms with Crippen LogP contribution in [0.15, 0.2) is 42.5 Å².